The number of benzene rings is 1. The molecule has 76 valence electrons. The Morgan fingerprint density at radius 2 is 1.93 bits per heavy atom. The first kappa shape index (κ1) is 10.7. The van der Waals surface area contributed by atoms with Crippen molar-refractivity contribution in [3.05, 3.63) is 35.9 Å². The molecule has 0 aliphatic heterocycles. The highest BCUT2D eigenvalue weighted by Crippen LogP contribution is 2.24. The molecule has 1 aromatic rings. The molecule has 0 saturated heterocycles. The van der Waals surface area contributed by atoms with Crippen LogP contribution in [0.2, 0.25) is 0 Å². The minimum absolute atomic E-state index is 0.422. The molecule has 0 aromatic heterocycles. The van der Waals surface area contributed by atoms with E-state index in [1.54, 1.807) is 31.2 Å². The Bertz CT molecular complexity index is 295. The maximum absolute atomic E-state index is 10.8. The monoisotopic (exact) mass is 194 g/mol. The quantitative estimate of drug-likeness (QED) is 0.768. The standard InChI is InChI=1S/C11H14O3/c1-2-9(11(13)14)10(12)8-6-4-3-5-7-8/h3-7,9-10,12H,2H2,1H3,(H,13,14)/t9-,10-/m1/s1. The van der Waals surface area contributed by atoms with E-state index in [4.69, 9.17) is 5.11 Å². The number of aliphatic carboxylic acids is 1. The summed E-state index contributed by atoms with van der Waals surface area (Å²) in [5.74, 6) is -1.68. The zero-order chi connectivity index (χ0) is 10.6. The number of carboxylic acids is 1. The second kappa shape index (κ2) is 4.77. The molecule has 0 radical (unpaired) electrons. The third kappa shape index (κ3) is 2.33. The van der Waals surface area contributed by atoms with Gasteiger partial charge in [0, 0.05) is 0 Å². The van der Waals surface area contributed by atoms with Crippen LogP contribution < -0.4 is 0 Å². The van der Waals surface area contributed by atoms with Crippen molar-refractivity contribution in [3.8, 4) is 0 Å². The summed E-state index contributed by atoms with van der Waals surface area (Å²) in [5, 5.41) is 18.6. The van der Waals surface area contributed by atoms with Gasteiger partial charge in [0.05, 0.1) is 12.0 Å². The first-order chi connectivity index (χ1) is 6.66. The van der Waals surface area contributed by atoms with Gasteiger partial charge in [0.2, 0.25) is 0 Å². The van der Waals surface area contributed by atoms with Gasteiger partial charge in [-0.15, -0.1) is 0 Å². The second-order valence-corrected chi connectivity index (χ2v) is 3.21. The zero-order valence-corrected chi connectivity index (χ0v) is 8.05. The molecule has 0 amide bonds. The van der Waals surface area contributed by atoms with Crippen molar-refractivity contribution in [1.82, 2.24) is 0 Å². The Labute approximate surface area is 83.0 Å². The molecule has 2 N–H and O–H groups in total. The van der Waals surface area contributed by atoms with Gasteiger partial charge in [0.25, 0.3) is 0 Å². The van der Waals surface area contributed by atoms with Crippen LogP contribution in [0.1, 0.15) is 25.0 Å². The number of carboxylic acid groups (broad SMARTS) is 1. The minimum Gasteiger partial charge on any atom is -0.481 e. The lowest BCUT2D eigenvalue weighted by atomic mass is 9.94. The first-order valence-corrected chi connectivity index (χ1v) is 4.62. The Morgan fingerprint density at radius 1 is 1.36 bits per heavy atom. The van der Waals surface area contributed by atoms with Crippen molar-refractivity contribution in [2.45, 2.75) is 19.4 Å². The Balaban J connectivity index is 2.83. The van der Waals surface area contributed by atoms with Crippen molar-refractivity contribution in [1.29, 1.82) is 0 Å². The lowest BCUT2D eigenvalue weighted by molar-refractivity contribution is -0.146. The molecule has 0 bridgehead atoms. The predicted molar refractivity (Wildman–Crippen MR) is 52.8 cm³/mol. The molecule has 0 saturated carbocycles. The fourth-order valence-corrected chi connectivity index (χ4v) is 1.42. The summed E-state index contributed by atoms with van der Waals surface area (Å²) in [7, 11) is 0. The highest BCUT2D eigenvalue weighted by atomic mass is 16.4. The van der Waals surface area contributed by atoms with E-state index in [9.17, 15) is 9.90 Å². The van der Waals surface area contributed by atoms with Crippen LogP contribution in [0, 0.1) is 5.92 Å². The molecule has 0 heterocycles. The number of aliphatic hydroxyl groups excluding tert-OH is 1. The number of aliphatic hydroxyl groups is 1. The first-order valence-electron chi connectivity index (χ1n) is 4.62. The van der Waals surface area contributed by atoms with Gasteiger partial charge in [-0.1, -0.05) is 37.3 Å². The summed E-state index contributed by atoms with van der Waals surface area (Å²) in [6.07, 6.45) is -0.496. The van der Waals surface area contributed by atoms with Crippen LogP contribution in [0.4, 0.5) is 0 Å². The van der Waals surface area contributed by atoms with Crippen LogP contribution in [0.15, 0.2) is 30.3 Å². The van der Waals surface area contributed by atoms with Crippen molar-refractivity contribution in [3.63, 3.8) is 0 Å². The van der Waals surface area contributed by atoms with E-state index in [1.165, 1.54) is 0 Å². The van der Waals surface area contributed by atoms with Crippen LogP contribution in [0.25, 0.3) is 0 Å². The fraction of sp³-hybridized carbons (Fsp3) is 0.364. The van der Waals surface area contributed by atoms with Crippen LogP contribution in [0.3, 0.4) is 0 Å². The lowest BCUT2D eigenvalue weighted by Crippen LogP contribution is -2.21. The highest BCUT2D eigenvalue weighted by Gasteiger charge is 2.25. The maximum atomic E-state index is 10.8. The van der Waals surface area contributed by atoms with Gasteiger partial charge in [-0.2, -0.15) is 0 Å². The van der Waals surface area contributed by atoms with Crippen LogP contribution >= 0.6 is 0 Å². The molecular weight excluding hydrogens is 180 g/mol. The van der Waals surface area contributed by atoms with Gasteiger partial charge >= 0.3 is 5.97 Å². The van der Waals surface area contributed by atoms with Gasteiger partial charge in [0.1, 0.15) is 0 Å². The molecule has 3 heteroatoms. The topological polar surface area (TPSA) is 57.5 Å². The largest absolute Gasteiger partial charge is 0.481 e. The van der Waals surface area contributed by atoms with Crippen molar-refractivity contribution >= 4 is 5.97 Å². The summed E-state index contributed by atoms with van der Waals surface area (Å²) in [5.41, 5.74) is 0.654. The van der Waals surface area contributed by atoms with E-state index in [2.05, 4.69) is 0 Å². The Kier molecular flexibility index (Phi) is 3.65. The van der Waals surface area contributed by atoms with Crippen LogP contribution in [-0.4, -0.2) is 16.2 Å². The summed E-state index contributed by atoms with van der Waals surface area (Å²) in [6.45, 7) is 1.75. The lowest BCUT2D eigenvalue weighted by Gasteiger charge is -2.17. The average Bonchev–Trinajstić information content (AvgIpc) is 2.19. The van der Waals surface area contributed by atoms with Crippen molar-refractivity contribution in [2.75, 3.05) is 0 Å². The molecule has 0 unspecified atom stereocenters. The minimum atomic E-state index is -0.955. The SMILES string of the molecule is CC[C@@H](C(=O)O)[C@H](O)c1ccccc1. The Morgan fingerprint density at radius 3 is 2.36 bits per heavy atom. The number of rotatable bonds is 4. The van der Waals surface area contributed by atoms with Gasteiger partial charge in [0.15, 0.2) is 0 Å². The molecule has 1 aromatic carbocycles. The highest BCUT2D eigenvalue weighted by molar-refractivity contribution is 5.70. The van der Waals surface area contributed by atoms with E-state index in [0.29, 0.717) is 12.0 Å². The van der Waals surface area contributed by atoms with Gasteiger partial charge < -0.3 is 10.2 Å². The molecule has 14 heavy (non-hydrogen) atoms. The van der Waals surface area contributed by atoms with Crippen molar-refractivity contribution in [2.24, 2.45) is 5.92 Å². The molecule has 0 spiro atoms. The van der Waals surface area contributed by atoms with Crippen LogP contribution in [-0.2, 0) is 4.79 Å². The molecule has 0 aliphatic carbocycles. The molecule has 0 fully saturated rings. The number of carbonyl (C=O) groups is 1. The summed E-state index contributed by atoms with van der Waals surface area (Å²) >= 11 is 0. The number of hydrogen-bond donors (Lipinski definition) is 2. The van der Waals surface area contributed by atoms with E-state index < -0.39 is 18.0 Å². The summed E-state index contributed by atoms with van der Waals surface area (Å²) in [6, 6.07) is 8.87. The van der Waals surface area contributed by atoms with Gasteiger partial charge in [-0.25, -0.2) is 0 Å². The number of hydrogen-bond acceptors (Lipinski definition) is 2. The molecule has 3 nitrogen and oxygen atoms in total. The molecular formula is C11H14O3. The van der Waals surface area contributed by atoms with E-state index in [0.717, 1.165) is 0 Å². The predicted octanol–water partition coefficient (Wildman–Crippen LogP) is 1.83. The maximum Gasteiger partial charge on any atom is 0.309 e. The normalized spacial score (nSPS) is 14.7. The Hall–Kier alpha value is -1.35. The summed E-state index contributed by atoms with van der Waals surface area (Å²) < 4.78 is 0. The smallest absolute Gasteiger partial charge is 0.309 e. The van der Waals surface area contributed by atoms with Gasteiger partial charge in [-0.3, -0.25) is 4.79 Å². The van der Waals surface area contributed by atoms with Crippen LogP contribution in [0.5, 0.6) is 0 Å². The third-order valence-electron chi connectivity index (χ3n) is 2.28. The molecule has 2 atom stereocenters. The van der Waals surface area contributed by atoms with E-state index >= 15 is 0 Å². The average molecular weight is 194 g/mol. The van der Waals surface area contributed by atoms with Gasteiger partial charge in [-0.05, 0) is 12.0 Å². The molecule has 0 aliphatic rings. The second-order valence-electron chi connectivity index (χ2n) is 3.21. The summed E-state index contributed by atoms with van der Waals surface area (Å²) in [4.78, 5) is 10.8. The zero-order valence-electron chi connectivity index (χ0n) is 8.05. The van der Waals surface area contributed by atoms with E-state index in [1.807, 2.05) is 6.07 Å². The fourth-order valence-electron chi connectivity index (χ4n) is 1.42. The third-order valence-corrected chi connectivity index (χ3v) is 2.28. The van der Waals surface area contributed by atoms with Crippen molar-refractivity contribution < 1.29 is 15.0 Å². The molecule has 1 rings (SSSR count). The van der Waals surface area contributed by atoms with E-state index in [-0.39, 0.29) is 0 Å².